The van der Waals surface area contributed by atoms with Crippen molar-refractivity contribution in [2.24, 2.45) is 0 Å². The van der Waals surface area contributed by atoms with Crippen molar-refractivity contribution in [3.05, 3.63) is 24.3 Å². The molecule has 0 saturated carbocycles. The van der Waals surface area contributed by atoms with Crippen LogP contribution in [0.5, 0.6) is 0 Å². The molecule has 8 heteroatoms. The molecule has 0 fully saturated rings. The Morgan fingerprint density at radius 1 is 1.25 bits per heavy atom. The molecule has 0 bridgehead atoms. The molecule has 0 radical (unpaired) electrons. The third-order valence-electron chi connectivity index (χ3n) is 3.66. The summed E-state index contributed by atoms with van der Waals surface area (Å²) in [4.78, 5) is 28.5. The molecule has 0 aliphatic carbocycles. The number of fused-ring (bicyclic) bond motifs is 1. The highest BCUT2D eigenvalue weighted by molar-refractivity contribution is 7.99. The number of alkyl carbamates (subject to hydrolysis) is 1. The molecule has 0 saturated heterocycles. The smallest absolute Gasteiger partial charge is 0.407 e. The predicted octanol–water partition coefficient (Wildman–Crippen LogP) is 4.00. The van der Waals surface area contributed by atoms with Gasteiger partial charge in [-0.2, -0.15) is 0 Å². The van der Waals surface area contributed by atoms with E-state index in [9.17, 15) is 9.59 Å². The van der Waals surface area contributed by atoms with Crippen LogP contribution in [0.1, 0.15) is 40.5 Å². The summed E-state index contributed by atoms with van der Waals surface area (Å²) in [5.74, 6) is 0.302. The number of carbonyl (C=O) groups is 2. The van der Waals surface area contributed by atoms with Crippen molar-refractivity contribution in [3.8, 4) is 0 Å². The zero-order chi connectivity index (χ0) is 20.6. The topological polar surface area (TPSA) is 82.5 Å². The zero-order valence-electron chi connectivity index (χ0n) is 17.0. The molecule has 1 amide bonds. The number of nitrogens with one attached hydrogen (secondary N) is 1. The van der Waals surface area contributed by atoms with Crippen LogP contribution in [0.15, 0.2) is 29.4 Å². The number of thioether (sulfide) groups is 1. The number of para-hydroxylation sites is 2. The summed E-state index contributed by atoms with van der Waals surface area (Å²) in [5, 5.41) is 3.44. The van der Waals surface area contributed by atoms with Gasteiger partial charge in [-0.3, -0.25) is 4.79 Å². The molecule has 28 heavy (non-hydrogen) atoms. The molecule has 0 aliphatic rings. The van der Waals surface area contributed by atoms with Crippen LogP contribution in [-0.4, -0.2) is 46.1 Å². The lowest BCUT2D eigenvalue weighted by molar-refractivity contribution is -0.155. The van der Waals surface area contributed by atoms with E-state index in [0.717, 1.165) is 23.9 Å². The van der Waals surface area contributed by atoms with E-state index in [2.05, 4.69) is 10.3 Å². The van der Waals surface area contributed by atoms with Crippen LogP contribution in [0, 0.1) is 0 Å². The second kappa shape index (κ2) is 10.4. The van der Waals surface area contributed by atoms with Gasteiger partial charge in [0.25, 0.3) is 0 Å². The summed E-state index contributed by atoms with van der Waals surface area (Å²) in [7, 11) is 0. The summed E-state index contributed by atoms with van der Waals surface area (Å²) in [5.41, 5.74) is 1.16. The number of rotatable bonds is 9. The van der Waals surface area contributed by atoms with Gasteiger partial charge in [0, 0.05) is 12.3 Å². The number of unbranched alkanes of at least 4 members (excludes halogenated alkanes) is 1. The Morgan fingerprint density at radius 2 is 2.00 bits per heavy atom. The van der Waals surface area contributed by atoms with Crippen molar-refractivity contribution < 1.29 is 19.1 Å². The predicted molar refractivity (Wildman–Crippen MR) is 111 cm³/mol. The number of carbonyl (C=O) groups excluding carboxylic acids is 2. The molecular formula is C20H29N3O4S. The van der Waals surface area contributed by atoms with Gasteiger partial charge in [0.15, 0.2) is 5.16 Å². The first kappa shape index (κ1) is 22.1. The Balaban J connectivity index is 1.98. The van der Waals surface area contributed by atoms with Gasteiger partial charge in [-0.1, -0.05) is 37.2 Å². The van der Waals surface area contributed by atoms with Crippen LogP contribution in [0.2, 0.25) is 0 Å². The number of imidazole rings is 1. The van der Waals surface area contributed by atoms with E-state index in [0.29, 0.717) is 24.1 Å². The highest BCUT2D eigenvalue weighted by Crippen LogP contribution is 2.24. The highest BCUT2D eigenvalue weighted by atomic mass is 32.2. The Morgan fingerprint density at radius 3 is 2.71 bits per heavy atom. The monoisotopic (exact) mass is 407 g/mol. The van der Waals surface area contributed by atoms with Crippen LogP contribution >= 0.6 is 11.8 Å². The summed E-state index contributed by atoms with van der Waals surface area (Å²) in [6, 6.07) is 7.67. The van der Waals surface area contributed by atoms with Crippen LogP contribution in [0.25, 0.3) is 11.0 Å². The number of benzene rings is 1. The lowest BCUT2D eigenvalue weighted by atomic mass is 10.2. The number of hydrogen-bond donors (Lipinski definition) is 1. The number of nitrogens with zero attached hydrogens (tertiary/aromatic N) is 2. The van der Waals surface area contributed by atoms with Crippen molar-refractivity contribution in [1.29, 1.82) is 0 Å². The Hall–Kier alpha value is -2.22. The molecule has 1 aromatic heterocycles. The molecule has 1 aromatic carbocycles. The molecule has 0 aliphatic heterocycles. The third-order valence-corrected chi connectivity index (χ3v) is 4.64. The average Bonchev–Trinajstić information content (AvgIpc) is 2.95. The van der Waals surface area contributed by atoms with Gasteiger partial charge in [0.1, 0.15) is 12.1 Å². The minimum Gasteiger partial charge on any atom is -0.459 e. The van der Waals surface area contributed by atoms with E-state index in [1.54, 1.807) is 0 Å². The third kappa shape index (κ3) is 7.07. The molecule has 7 nitrogen and oxygen atoms in total. The van der Waals surface area contributed by atoms with E-state index < -0.39 is 11.7 Å². The summed E-state index contributed by atoms with van der Waals surface area (Å²) in [6.45, 7) is 8.55. The molecule has 0 atom stereocenters. The van der Waals surface area contributed by atoms with Crippen LogP contribution in [0.3, 0.4) is 0 Å². The fourth-order valence-corrected chi connectivity index (χ4v) is 3.34. The van der Waals surface area contributed by atoms with Gasteiger partial charge in [-0.25, -0.2) is 9.78 Å². The van der Waals surface area contributed by atoms with Gasteiger partial charge in [0.05, 0.1) is 17.6 Å². The van der Waals surface area contributed by atoms with E-state index in [-0.39, 0.29) is 12.5 Å². The van der Waals surface area contributed by atoms with E-state index >= 15 is 0 Å². The molecule has 2 rings (SSSR count). The molecule has 1 heterocycles. The molecular weight excluding hydrogens is 378 g/mol. The van der Waals surface area contributed by atoms with Crippen LogP contribution in [-0.2, 0) is 20.8 Å². The number of amides is 1. The normalized spacial score (nSPS) is 11.4. The largest absolute Gasteiger partial charge is 0.459 e. The first-order chi connectivity index (χ1) is 13.3. The summed E-state index contributed by atoms with van der Waals surface area (Å²) >= 11 is 1.48. The maximum absolute atomic E-state index is 12.3. The number of hydrogen-bond acceptors (Lipinski definition) is 6. The van der Waals surface area contributed by atoms with Gasteiger partial charge >= 0.3 is 12.1 Å². The molecule has 1 N–H and O–H groups in total. The Bertz CT molecular complexity index is 798. The fourth-order valence-electron chi connectivity index (χ4n) is 2.47. The van der Waals surface area contributed by atoms with Crippen molar-refractivity contribution >= 4 is 34.9 Å². The second-order valence-electron chi connectivity index (χ2n) is 7.32. The summed E-state index contributed by atoms with van der Waals surface area (Å²) < 4.78 is 12.4. The second-order valence-corrected chi connectivity index (χ2v) is 8.38. The van der Waals surface area contributed by atoms with Gasteiger partial charge < -0.3 is 19.4 Å². The van der Waals surface area contributed by atoms with E-state index in [1.807, 2.05) is 56.5 Å². The molecule has 0 spiro atoms. The molecule has 0 unspecified atom stereocenters. The SMILES string of the molecule is CCCCOC(=O)NCCSc1nc2ccccc2n1CC(=O)OC(C)(C)C. The number of esters is 1. The first-order valence-corrected chi connectivity index (χ1v) is 10.5. The molecule has 154 valence electrons. The van der Waals surface area contributed by atoms with Crippen LogP contribution < -0.4 is 5.32 Å². The fraction of sp³-hybridized carbons (Fsp3) is 0.550. The Labute approximate surface area is 170 Å². The molecule has 2 aromatic rings. The number of aromatic nitrogens is 2. The maximum Gasteiger partial charge on any atom is 0.407 e. The van der Waals surface area contributed by atoms with Crippen molar-refractivity contribution in [2.75, 3.05) is 18.9 Å². The lowest BCUT2D eigenvalue weighted by Crippen LogP contribution is -2.27. The highest BCUT2D eigenvalue weighted by Gasteiger charge is 2.19. The van der Waals surface area contributed by atoms with Gasteiger partial charge in [-0.15, -0.1) is 0 Å². The summed E-state index contributed by atoms with van der Waals surface area (Å²) in [6.07, 6.45) is 1.43. The minimum atomic E-state index is -0.539. The zero-order valence-corrected chi connectivity index (χ0v) is 17.8. The van der Waals surface area contributed by atoms with Gasteiger partial charge in [0.2, 0.25) is 0 Å². The number of ether oxygens (including phenoxy) is 2. The standard InChI is InChI=1S/C20H29N3O4S/c1-5-6-12-26-19(25)21-11-13-28-18-22-15-9-7-8-10-16(15)23(18)14-17(24)27-20(2,3)4/h7-10H,5-6,11-14H2,1-4H3,(H,21,25). The first-order valence-electron chi connectivity index (χ1n) is 9.50. The van der Waals surface area contributed by atoms with Crippen LogP contribution in [0.4, 0.5) is 4.79 Å². The minimum absolute atomic E-state index is 0.0899. The van der Waals surface area contributed by atoms with Crippen molar-refractivity contribution in [1.82, 2.24) is 14.9 Å². The van der Waals surface area contributed by atoms with Crippen molar-refractivity contribution in [3.63, 3.8) is 0 Å². The van der Waals surface area contributed by atoms with Gasteiger partial charge in [-0.05, 0) is 39.3 Å². The quantitative estimate of drug-likeness (QED) is 0.384. The van der Waals surface area contributed by atoms with E-state index in [4.69, 9.17) is 9.47 Å². The van der Waals surface area contributed by atoms with E-state index in [1.165, 1.54) is 11.8 Å². The van der Waals surface area contributed by atoms with Crippen molar-refractivity contribution in [2.45, 2.75) is 57.8 Å². The average molecular weight is 408 g/mol. The Kier molecular flexibility index (Phi) is 8.17. The lowest BCUT2D eigenvalue weighted by Gasteiger charge is -2.20. The maximum atomic E-state index is 12.3.